The summed E-state index contributed by atoms with van der Waals surface area (Å²) >= 11 is 2.09. The van der Waals surface area contributed by atoms with Gasteiger partial charge in [0.15, 0.2) is 9.84 Å². The number of carbonyl (C=O) groups is 1. The molecule has 1 unspecified atom stereocenters. The summed E-state index contributed by atoms with van der Waals surface area (Å²) < 4.78 is 23.4. The molecule has 1 amide bonds. The Hall–Kier alpha value is -0.630. The zero-order valence-corrected chi connectivity index (χ0v) is 12.0. The molecule has 1 aromatic rings. The van der Waals surface area contributed by atoms with Gasteiger partial charge in [-0.3, -0.25) is 4.79 Å². The molecule has 1 heterocycles. The Morgan fingerprint density at radius 2 is 2.06 bits per heavy atom. The van der Waals surface area contributed by atoms with Gasteiger partial charge in [-0.15, -0.1) is 0 Å². The van der Waals surface area contributed by atoms with Crippen molar-refractivity contribution in [2.45, 2.75) is 12.5 Å². The highest BCUT2D eigenvalue weighted by Crippen LogP contribution is 2.14. The fourth-order valence-electron chi connectivity index (χ4n) is 1.82. The van der Waals surface area contributed by atoms with Gasteiger partial charge >= 0.3 is 0 Å². The van der Waals surface area contributed by atoms with E-state index < -0.39 is 9.84 Å². The van der Waals surface area contributed by atoms with Gasteiger partial charge in [-0.05, 0) is 41.1 Å². The Labute approximate surface area is 114 Å². The van der Waals surface area contributed by atoms with Crippen LogP contribution >= 0.6 is 22.6 Å². The minimum Gasteiger partial charge on any atom is -0.348 e. The second-order valence-corrected chi connectivity index (χ2v) is 7.44. The smallest absolute Gasteiger partial charge is 0.252 e. The highest BCUT2D eigenvalue weighted by Gasteiger charge is 2.29. The van der Waals surface area contributed by atoms with E-state index in [1.165, 1.54) is 0 Å². The average Bonchev–Trinajstić information content (AvgIpc) is 2.58. The third-order valence-corrected chi connectivity index (χ3v) is 5.39. The molecule has 1 saturated heterocycles. The number of benzene rings is 1. The largest absolute Gasteiger partial charge is 0.348 e. The van der Waals surface area contributed by atoms with Crippen molar-refractivity contribution in [1.82, 2.24) is 5.32 Å². The molecule has 1 atom stereocenters. The number of nitrogens with one attached hydrogen (secondary N) is 1. The molecular weight excluding hydrogens is 353 g/mol. The maximum atomic E-state index is 11.9. The SMILES string of the molecule is O=C(NC1CCS(=O)(=O)C1)c1ccccc1I. The fraction of sp³-hybridized carbons (Fsp3) is 0.364. The van der Waals surface area contributed by atoms with Gasteiger partial charge in [0.05, 0.1) is 17.1 Å². The molecule has 1 N–H and O–H groups in total. The predicted molar refractivity (Wildman–Crippen MR) is 73.7 cm³/mol. The van der Waals surface area contributed by atoms with Crippen LogP contribution in [0.2, 0.25) is 0 Å². The number of amides is 1. The van der Waals surface area contributed by atoms with E-state index in [1.54, 1.807) is 12.1 Å². The molecule has 0 spiro atoms. The van der Waals surface area contributed by atoms with Crippen LogP contribution in [-0.2, 0) is 9.84 Å². The van der Waals surface area contributed by atoms with Crippen molar-refractivity contribution in [2.75, 3.05) is 11.5 Å². The van der Waals surface area contributed by atoms with Gasteiger partial charge in [-0.25, -0.2) is 8.42 Å². The van der Waals surface area contributed by atoms with E-state index in [9.17, 15) is 13.2 Å². The first-order valence-electron chi connectivity index (χ1n) is 5.24. The summed E-state index contributed by atoms with van der Waals surface area (Å²) in [4.78, 5) is 11.9. The minimum absolute atomic E-state index is 0.0577. The summed E-state index contributed by atoms with van der Waals surface area (Å²) in [5.74, 6) is 0.0310. The van der Waals surface area contributed by atoms with Gasteiger partial charge in [0, 0.05) is 9.61 Å². The summed E-state index contributed by atoms with van der Waals surface area (Å²) in [7, 11) is -2.95. The van der Waals surface area contributed by atoms with Crippen LogP contribution in [0.3, 0.4) is 0 Å². The van der Waals surface area contributed by atoms with E-state index >= 15 is 0 Å². The van der Waals surface area contributed by atoms with Crippen molar-refractivity contribution < 1.29 is 13.2 Å². The number of sulfone groups is 1. The fourth-order valence-corrected chi connectivity index (χ4v) is 4.12. The molecule has 0 radical (unpaired) electrons. The van der Waals surface area contributed by atoms with Crippen LogP contribution in [0.4, 0.5) is 0 Å². The van der Waals surface area contributed by atoms with Crippen molar-refractivity contribution in [3.63, 3.8) is 0 Å². The molecule has 4 nitrogen and oxygen atoms in total. The van der Waals surface area contributed by atoms with Crippen LogP contribution in [0, 0.1) is 3.57 Å². The predicted octanol–water partition coefficient (Wildman–Crippen LogP) is 1.21. The molecule has 0 bridgehead atoms. The van der Waals surface area contributed by atoms with E-state index in [1.807, 2.05) is 12.1 Å². The lowest BCUT2D eigenvalue weighted by Gasteiger charge is -2.11. The Morgan fingerprint density at radius 3 is 2.65 bits per heavy atom. The molecule has 17 heavy (non-hydrogen) atoms. The Bertz CT molecular complexity index is 541. The summed E-state index contributed by atoms with van der Waals surface area (Å²) in [6.07, 6.45) is 0.511. The van der Waals surface area contributed by atoms with E-state index in [-0.39, 0.29) is 23.5 Å². The van der Waals surface area contributed by atoms with Gasteiger partial charge in [0.25, 0.3) is 5.91 Å². The van der Waals surface area contributed by atoms with Crippen molar-refractivity contribution >= 4 is 38.3 Å². The monoisotopic (exact) mass is 365 g/mol. The quantitative estimate of drug-likeness (QED) is 0.802. The summed E-state index contributed by atoms with van der Waals surface area (Å²) in [6, 6.07) is 6.99. The van der Waals surface area contributed by atoms with Gasteiger partial charge in [-0.2, -0.15) is 0 Å². The summed E-state index contributed by atoms with van der Waals surface area (Å²) in [5, 5.41) is 2.77. The molecule has 0 aliphatic carbocycles. The number of rotatable bonds is 2. The number of hydrogen-bond donors (Lipinski definition) is 1. The van der Waals surface area contributed by atoms with Crippen LogP contribution in [0.1, 0.15) is 16.8 Å². The van der Waals surface area contributed by atoms with Gasteiger partial charge in [0.1, 0.15) is 0 Å². The molecule has 92 valence electrons. The highest BCUT2D eigenvalue weighted by atomic mass is 127. The summed E-state index contributed by atoms with van der Waals surface area (Å²) in [5.41, 5.74) is 0.595. The van der Waals surface area contributed by atoms with Gasteiger partial charge < -0.3 is 5.32 Å². The Kier molecular flexibility index (Phi) is 3.72. The first kappa shape index (κ1) is 12.8. The average molecular weight is 365 g/mol. The van der Waals surface area contributed by atoms with Crippen molar-refractivity contribution in [2.24, 2.45) is 0 Å². The first-order chi connectivity index (χ1) is 7.98. The van der Waals surface area contributed by atoms with Crippen LogP contribution in [0.25, 0.3) is 0 Å². The lowest BCUT2D eigenvalue weighted by Crippen LogP contribution is -2.35. The van der Waals surface area contributed by atoms with E-state index in [2.05, 4.69) is 27.9 Å². The molecule has 1 aromatic carbocycles. The molecule has 1 aliphatic rings. The first-order valence-corrected chi connectivity index (χ1v) is 8.14. The van der Waals surface area contributed by atoms with E-state index in [0.29, 0.717) is 12.0 Å². The van der Waals surface area contributed by atoms with Crippen LogP contribution in [-0.4, -0.2) is 31.9 Å². The van der Waals surface area contributed by atoms with E-state index in [4.69, 9.17) is 0 Å². The topological polar surface area (TPSA) is 63.2 Å². The number of carbonyl (C=O) groups excluding carboxylic acids is 1. The second-order valence-electron chi connectivity index (χ2n) is 4.05. The maximum Gasteiger partial charge on any atom is 0.252 e. The molecule has 6 heteroatoms. The maximum absolute atomic E-state index is 11.9. The van der Waals surface area contributed by atoms with Crippen LogP contribution in [0.15, 0.2) is 24.3 Å². The number of hydrogen-bond acceptors (Lipinski definition) is 3. The molecule has 2 rings (SSSR count). The Balaban J connectivity index is 2.06. The standard InChI is InChI=1S/C11H12INO3S/c12-10-4-2-1-3-9(10)11(14)13-8-5-6-17(15,16)7-8/h1-4,8H,5-7H2,(H,13,14). The Morgan fingerprint density at radius 1 is 1.35 bits per heavy atom. The van der Waals surface area contributed by atoms with Gasteiger partial charge in [-0.1, -0.05) is 12.1 Å². The molecule has 0 aromatic heterocycles. The van der Waals surface area contributed by atoms with Crippen LogP contribution in [0.5, 0.6) is 0 Å². The third kappa shape index (κ3) is 3.19. The normalized spacial score (nSPS) is 22.3. The van der Waals surface area contributed by atoms with Crippen LogP contribution < -0.4 is 5.32 Å². The lowest BCUT2D eigenvalue weighted by molar-refractivity contribution is 0.0940. The van der Waals surface area contributed by atoms with Crippen molar-refractivity contribution in [3.05, 3.63) is 33.4 Å². The number of halogens is 1. The third-order valence-electron chi connectivity index (χ3n) is 2.69. The minimum atomic E-state index is -2.95. The highest BCUT2D eigenvalue weighted by molar-refractivity contribution is 14.1. The molecule has 1 aliphatic heterocycles. The van der Waals surface area contributed by atoms with Crippen molar-refractivity contribution in [3.8, 4) is 0 Å². The molecular formula is C11H12INO3S. The van der Waals surface area contributed by atoms with Gasteiger partial charge in [0.2, 0.25) is 0 Å². The van der Waals surface area contributed by atoms with Crippen molar-refractivity contribution in [1.29, 1.82) is 0 Å². The zero-order valence-electron chi connectivity index (χ0n) is 9.02. The lowest BCUT2D eigenvalue weighted by atomic mass is 10.2. The second kappa shape index (κ2) is 4.93. The molecule has 0 saturated carbocycles. The summed E-state index contributed by atoms with van der Waals surface area (Å²) in [6.45, 7) is 0. The zero-order chi connectivity index (χ0) is 12.5. The molecule has 1 fully saturated rings. The van der Waals surface area contributed by atoms with E-state index in [0.717, 1.165) is 3.57 Å².